The smallest absolute Gasteiger partial charge is 0.342 e. The first kappa shape index (κ1) is 16.5. The molecule has 0 radical (unpaired) electrons. The Bertz CT molecular complexity index is 732. The number of pyridine rings is 1. The highest BCUT2D eigenvalue weighted by Crippen LogP contribution is 2.25. The summed E-state index contributed by atoms with van der Waals surface area (Å²) in [6.07, 6.45) is 4.44. The first-order valence-electron chi connectivity index (χ1n) is 7.74. The number of aromatic nitrogens is 1. The number of rotatable bonds is 6. The first-order chi connectivity index (χ1) is 11.7. The lowest BCUT2D eigenvalue weighted by Gasteiger charge is -2.18. The van der Waals surface area contributed by atoms with Crippen LogP contribution in [-0.4, -0.2) is 29.2 Å². The highest BCUT2D eigenvalue weighted by Gasteiger charge is 2.31. The molecule has 2 aromatic rings. The fourth-order valence-corrected chi connectivity index (χ4v) is 2.82. The zero-order chi connectivity index (χ0) is 16.9. The summed E-state index contributed by atoms with van der Waals surface area (Å²) in [6.45, 7) is 0. The monoisotopic (exact) mass is 342 g/mol. The molecule has 1 aliphatic rings. The van der Waals surface area contributed by atoms with E-state index in [2.05, 4.69) is 10.3 Å². The highest BCUT2D eigenvalue weighted by molar-refractivity contribution is 7.98. The fourth-order valence-electron chi connectivity index (χ4n) is 2.28. The van der Waals surface area contributed by atoms with Crippen LogP contribution in [0.2, 0.25) is 0 Å². The van der Waals surface area contributed by atoms with Gasteiger partial charge in [0.05, 0.1) is 5.56 Å². The second-order valence-electron chi connectivity index (χ2n) is 5.54. The molecule has 0 unspecified atom stereocenters. The molecule has 1 heterocycles. The van der Waals surface area contributed by atoms with Gasteiger partial charge in [0.1, 0.15) is 5.03 Å². The number of nitrogens with one attached hydrogen (secondary N) is 1. The van der Waals surface area contributed by atoms with Crippen LogP contribution in [0.15, 0.2) is 53.7 Å². The zero-order valence-electron chi connectivity index (χ0n) is 13.3. The van der Waals surface area contributed by atoms with Crippen LogP contribution in [0.3, 0.4) is 0 Å². The molecule has 6 heteroatoms. The van der Waals surface area contributed by atoms with Gasteiger partial charge in [-0.2, -0.15) is 0 Å². The molecule has 124 valence electrons. The maximum absolute atomic E-state index is 12.6. The average Bonchev–Trinajstić information content (AvgIpc) is 3.44. The number of esters is 1. The molecule has 1 N–H and O–H groups in total. The van der Waals surface area contributed by atoms with Crippen molar-refractivity contribution in [1.29, 1.82) is 0 Å². The average molecular weight is 342 g/mol. The van der Waals surface area contributed by atoms with Gasteiger partial charge in [-0.3, -0.25) is 4.79 Å². The molecular weight excluding hydrogens is 324 g/mol. The normalized spacial score (nSPS) is 14.7. The van der Waals surface area contributed by atoms with Crippen LogP contribution in [0.25, 0.3) is 0 Å². The van der Waals surface area contributed by atoms with Crippen molar-refractivity contribution in [3.63, 3.8) is 0 Å². The maximum Gasteiger partial charge on any atom is 0.342 e. The minimum absolute atomic E-state index is 0.197. The topological polar surface area (TPSA) is 68.3 Å². The van der Waals surface area contributed by atoms with Crippen molar-refractivity contribution in [2.75, 3.05) is 6.26 Å². The predicted molar refractivity (Wildman–Crippen MR) is 91.8 cm³/mol. The van der Waals surface area contributed by atoms with E-state index in [1.165, 1.54) is 11.8 Å². The lowest BCUT2D eigenvalue weighted by molar-refractivity contribution is -0.130. The number of carbonyl (C=O) groups excluding carboxylic acids is 2. The highest BCUT2D eigenvalue weighted by atomic mass is 32.2. The number of ether oxygens (including phenoxy) is 1. The lowest BCUT2D eigenvalue weighted by Crippen LogP contribution is -2.33. The third kappa shape index (κ3) is 3.94. The molecule has 1 aromatic carbocycles. The van der Waals surface area contributed by atoms with Crippen molar-refractivity contribution >= 4 is 23.6 Å². The first-order valence-corrected chi connectivity index (χ1v) is 8.97. The van der Waals surface area contributed by atoms with Crippen LogP contribution in [0.1, 0.15) is 34.9 Å². The molecule has 0 aliphatic heterocycles. The summed E-state index contributed by atoms with van der Waals surface area (Å²) in [7, 11) is 0. The van der Waals surface area contributed by atoms with Crippen LogP contribution in [0, 0.1) is 0 Å². The molecule has 5 nitrogen and oxygen atoms in total. The van der Waals surface area contributed by atoms with E-state index in [1.807, 2.05) is 24.5 Å². The van der Waals surface area contributed by atoms with Crippen LogP contribution in [0.5, 0.6) is 0 Å². The van der Waals surface area contributed by atoms with Gasteiger partial charge in [-0.1, -0.05) is 30.3 Å². The molecule has 0 bridgehead atoms. The summed E-state index contributed by atoms with van der Waals surface area (Å²) in [5, 5.41) is 3.48. The SMILES string of the molecule is CSc1ncccc1C(=O)O[C@H](C(=O)NC1CC1)c1ccccc1. The number of hydrogen-bond acceptors (Lipinski definition) is 5. The van der Waals surface area contributed by atoms with E-state index in [0.29, 0.717) is 16.2 Å². The Morgan fingerprint density at radius 3 is 2.62 bits per heavy atom. The molecule has 1 aromatic heterocycles. The summed E-state index contributed by atoms with van der Waals surface area (Å²) in [6, 6.07) is 12.6. The van der Waals surface area contributed by atoms with Gasteiger partial charge in [0.2, 0.25) is 6.10 Å². The summed E-state index contributed by atoms with van der Waals surface area (Å²) in [4.78, 5) is 29.2. The molecule has 3 rings (SSSR count). The standard InChI is InChI=1S/C18H18N2O3S/c1-24-17-14(8-5-11-19-17)18(22)23-15(12-6-3-2-4-7-12)16(21)20-13-9-10-13/h2-8,11,13,15H,9-10H2,1H3,(H,20,21)/t15-/m0/s1. The zero-order valence-corrected chi connectivity index (χ0v) is 14.1. The Labute approximate surface area is 144 Å². The molecule has 24 heavy (non-hydrogen) atoms. The van der Waals surface area contributed by atoms with E-state index in [4.69, 9.17) is 4.74 Å². The van der Waals surface area contributed by atoms with Gasteiger partial charge in [0.25, 0.3) is 5.91 Å². The van der Waals surface area contributed by atoms with Crippen molar-refractivity contribution in [3.05, 3.63) is 59.8 Å². The minimum Gasteiger partial charge on any atom is -0.444 e. The van der Waals surface area contributed by atoms with E-state index < -0.39 is 12.1 Å². The lowest BCUT2D eigenvalue weighted by atomic mass is 10.1. The Morgan fingerprint density at radius 2 is 1.96 bits per heavy atom. The second kappa shape index (κ2) is 7.49. The quantitative estimate of drug-likeness (QED) is 0.646. The summed E-state index contributed by atoms with van der Waals surface area (Å²) >= 11 is 1.36. The number of benzene rings is 1. The van der Waals surface area contributed by atoms with Crippen molar-refractivity contribution in [2.45, 2.75) is 30.0 Å². The van der Waals surface area contributed by atoms with Gasteiger partial charge >= 0.3 is 5.97 Å². The number of amides is 1. The third-order valence-corrected chi connectivity index (χ3v) is 4.39. The van der Waals surface area contributed by atoms with Gasteiger partial charge in [-0.25, -0.2) is 9.78 Å². The van der Waals surface area contributed by atoms with Gasteiger partial charge < -0.3 is 10.1 Å². The fraction of sp³-hybridized carbons (Fsp3) is 0.278. The molecule has 1 fully saturated rings. The Kier molecular flexibility index (Phi) is 5.15. The Balaban J connectivity index is 1.83. The van der Waals surface area contributed by atoms with Crippen molar-refractivity contribution in [2.24, 2.45) is 0 Å². The molecule has 1 saturated carbocycles. The Morgan fingerprint density at radius 1 is 1.21 bits per heavy atom. The van der Waals surface area contributed by atoms with Gasteiger partial charge in [0.15, 0.2) is 0 Å². The summed E-state index contributed by atoms with van der Waals surface area (Å²) < 4.78 is 5.55. The van der Waals surface area contributed by atoms with Crippen LogP contribution >= 0.6 is 11.8 Å². The Hall–Kier alpha value is -2.34. The van der Waals surface area contributed by atoms with Crippen LogP contribution in [0.4, 0.5) is 0 Å². The summed E-state index contributed by atoms with van der Waals surface area (Å²) in [5.41, 5.74) is 1.02. The molecule has 1 aliphatic carbocycles. The second-order valence-corrected chi connectivity index (χ2v) is 6.33. The van der Waals surface area contributed by atoms with Crippen LogP contribution in [-0.2, 0) is 9.53 Å². The van der Waals surface area contributed by atoms with E-state index in [-0.39, 0.29) is 11.9 Å². The van der Waals surface area contributed by atoms with E-state index in [0.717, 1.165) is 12.8 Å². The van der Waals surface area contributed by atoms with E-state index in [9.17, 15) is 9.59 Å². The number of carbonyl (C=O) groups is 2. The van der Waals surface area contributed by atoms with Gasteiger partial charge in [0, 0.05) is 17.8 Å². The third-order valence-electron chi connectivity index (χ3n) is 3.67. The van der Waals surface area contributed by atoms with E-state index in [1.54, 1.807) is 30.5 Å². The maximum atomic E-state index is 12.6. The van der Waals surface area contributed by atoms with Crippen molar-refractivity contribution in [1.82, 2.24) is 10.3 Å². The van der Waals surface area contributed by atoms with Crippen LogP contribution < -0.4 is 5.32 Å². The van der Waals surface area contributed by atoms with Crippen molar-refractivity contribution in [3.8, 4) is 0 Å². The van der Waals surface area contributed by atoms with E-state index >= 15 is 0 Å². The minimum atomic E-state index is -0.964. The molecule has 0 saturated heterocycles. The van der Waals surface area contributed by atoms with Crippen molar-refractivity contribution < 1.29 is 14.3 Å². The number of nitrogens with zero attached hydrogens (tertiary/aromatic N) is 1. The number of hydrogen-bond donors (Lipinski definition) is 1. The molecule has 1 atom stereocenters. The predicted octanol–water partition coefficient (Wildman–Crippen LogP) is 2.98. The largest absolute Gasteiger partial charge is 0.444 e. The number of thioether (sulfide) groups is 1. The molecule has 0 spiro atoms. The van der Waals surface area contributed by atoms with Gasteiger partial charge in [-0.05, 0) is 31.2 Å². The molecule has 1 amide bonds. The van der Waals surface area contributed by atoms with Gasteiger partial charge in [-0.15, -0.1) is 11.8 Å². The summed E-state index contributed by atoms with van der Waals surface area (Å²) in [5.74, 6) is -0.834. The molecular formula is C18H18N2O3S.